The molecule has 0 aliphatic heterocycles. The number of nitrogens with zero attached hydrogens (tertiary/aromatic N) is 1. The molecule has 0 spiro atoms. The molecule has 0 atom stereocenters. The van der Waals surface area contributed by atoms with Gasteiger partial charge in [0.25, 0.3) is 0 Å². The van der Waals surface area contributed by atoms with Crippen LogP contribution in [0.1, 0.15) is 42.7 Å². The Kier molecular flexibility index (Phi) is 4.08. The standard InChI is InChI=1S/C17H24N2/c1-6-8-18-17-13(5)14(7-2)19-15-10-11(3)9-12(4)16(15)17/h9-10H,6-8H2,1-5H3,(H,18,19). The number of aromatic nitrogens is 1. The molecule has 0 unspecified atom stereocenters. The second kappa shape index (κ2) is 5.60. The molecular weight excluding hydrogens is 232 g/mol. The highest BCUT2D eigenvalue weighted by Crippen LogP contribution is 2.31. The quantitative estimate of drug-likeness (QED) is 0.868. The van der Waals surface area contributed by atoms with Gasteiger partial charge in [0.05, 0.1) is 5.52 Å². The first-order chi connectivity index (χ1) is 9.08. The third kappa shape index (κ3) is 2.58. The van der Waals surface area contributed by atoms with Crippen LogP contribution in [0.3, 0.4) is 0 Å². The zero-order valence-corrected chi connectivity index (χ0v) is 12.7. The van der Waals surface area contributed by atoms with Gasteiger partial charge in [-0.3, -0.25) is 4.98 Å². The zero-order chi connectivity index (χ0) is 14.0. The van der Waals surface area contributed by atoms with Gasteiger partial charge in [0, 0.05) is 23.3 Å². The number of anilines is 1. The average molecular weight is 256 g/mol. The van der Waals surface area contributed by atoms with Gasteiger partial charge in [-0.15, -0.1) is 0 Å². The minimum atomic E-state index is 0.982. The summed E-state index contributed by atoms with van der Waals surface area (Å²) in [5.41, 5.74) is 7.50. The molecule has 0 aliphatic rings. The van der Waals surface area contributed by atoms with E-state index in [1.807, 2.05) is 0 Å². The van der Waals surface area contributed by atoms with Crippen molar-refractivity contribution in [2.24, 2.45) is 0 Å². The van der Waals surface area contributed by atoms with E-state index in [4.69, 9.17) is 4.98 Å². The lowest BCUT2D eigenvalue weighted by atomic mass is 10.00. The van der Waals surface area contributed by atoms with Gasteiger partial charge in [-0.1, -0.05) is 19.9 Å². The van der Waals surface area contributed by atoms with E-state index in [-0.39, 0.29) is 0 Å². The molecule has 0 saturated carbocycles. The van der Waals surface area contributed by atoms with Gasteiger partial charge < -0.3 is 5.32 Å². The zero-order valence-electron chi connectivity index (χ0n) is 12.7. The van der Waals surface area contributed by atoms with Crippen molar-refractivity contribution in [3.05, 3.63) is 34.5 Å². The minimum Gasteiger partial charge on any atom is -0.384 e. The third-order valence-corrected chi connectivity index (χ3v) is 3.66. The van der Waals surface area contributed by atoms with Crippen molar-refractivity contribution in [3.8, 4) is 0 Å². The van der Waals surface area contributed by atoms with Crippen LogP contribution in [0.25, 0.3) is 10.9 Å². The second-order valence-corrected chi connectivity index (χ2v) is 5.31. The number of aryl methyl sites for hydroxylation is 3. The number of hydrogen-bond acceptors (Lipinski definition) is 2. The molecule has 1 N–H and O–H groups in total. The van der Waals surface area contributed by atoms with Crippen molar-refractivity contribution < 1.29 is 0 Å². The Morgan fingerprint density at radius 1 is 1.11 bits per heavy atom. The van der Waals surface area contributed by atoms with Crippen LogP contribution < -0.4 is 5.32 Å². The first-order valence-corrected chi connectivity index (χ1v) is 7.22. The Morgan fingerprint density at radius 3 is 2.47 bits per heavy atom. The Bertz CT molecular complexity index is 600. The van der Waals surface area contributed by atoms with Crippen LogP contribution in [0.5, 0.6) is 0 Å². The largest absolute Gasteiger partial charge is 0.384 e. The van der Waals surface area contributed by atoms with Gasteiger partial charge in [0.15, 0.2) is 0 Å². The number of benzene rings is 1. The van der Waals surface area contributed by atoms with Crippen LogP contribution in [-0.4, -0.2) is 11.5 Å². The fourth-order valence-electron chi connectivity index (χ4n) is 2.73. The first-order valence-electron chi connectivity index (χ1n) is 7.22. The van der Waals surface area contributed by atoms with Crippen LogP contribution >= 0.6 is 0 Å². The van der Waals surface area contributed by atoms with Crippen molar-refractivity contribution in [2.45, 2.75) is 47.5 Å². The SMILES string of the molecule is CCCNc1c(C)c(CC)nc2cc(C)cc(C)c12. The average Bonchev–Trinajstić information content (AvgIpc) is 2.37. The van der Waals surface area contributed by atoms with Crippen molar-refractivity contribution in [2.75, 3.05) is 11.9 Å². The van der Waals surface area contributed by atoms with Gasteiger partial charge in [0.2, 0.25) is 0 Å². The van der Waals surface area contributed by atoms with Crippen LogP contribution in [-0.2, 0) is 6.42 Å². The maximum atomic E-state index is 4.84. The number of fused-ring (bicyclic) bond motifs is 1. The molecule has 0 aliphatic carbocycles. The van der Waals surface area contributed by atoms with Crippen molar-refractivity contribution >= 4 is 16.6 Å². The molecule has 1 heterocycles. The van der Waals surface area contributed by atoms with Crippen molar-refractivity contribution in [3.63, 3.8) is 0 Å². The van der Waals surface area contributed by atoms with Crippen molar-refractivity contribution in [1.29, 1.82) is 0 Å². The van der Waals surface area contributed by atoms with Gasteiger partial charge in [-0.25, -0.2) is 0 Å². The summed E-state index contributed by atoms with van der Waals surface area (Å²) in [6, 6.07) is 4.43. The fraction of sp³-hybridized carbons (Fsp3) is 0.471. The molecule has 19 heavy (non-hydrogen) atoms. The predicted molar refractivity (Wildman–Crippen MR) is 84.1 cm³/mol. The van der Waals surface area contributed by atoms with E-state index < -0.39 is 0 Å². The van der Waals surface area contributed by atoms with Crippen LogP contribution in [0.2, 0.25) is 0 Å². The van der Waals surface area contributed by atoms with Crippen LogP contribution in [0, 0.1) is 20.8 Å². The Morgan fingerprint density at radius 2 is 1.84 bits per heavy atom. The summed E-state index contributed by atoms with van der Waals surface area (Å²) in [5.74, 6) is 0. The van der Waals surface area contributed by atoms with E-state index in [9.17, 15) is 0 Å². The summed E-state index contributed by atoms with van der Waals surface area (Å²) in [7, 11) is 0. The molecular formula is C17H24N2. The lowest BCUT2D eigenvalue weighted by molar-refractivity contribution is 0.970. The first kappa shape index (κ1) is 13.9. The van der Waals surface area contributed by atoms with Gasteiger partial charge >= 0.3 is 0 Å². The van der Waals surface area contributed by atoms with Crippen molar-refractivity contribution in [1.82, 2.24) is 4.98 Å². The molecule has 0 fully saturated rings. The molecule has 0 bridgehead atoms. The summed E-state index contributed by atoms with van der Waals surface area (Å²) >= 11 is 0. The highest BCUT2D eigenvalue weighted by Gasteiger charge is 2.12. The van der Waals surface area contributed by atoms with Crippen LogP contribution in [0.15, 0.2) is 12.1 Å². The molecule has 0 saturated heterocycles. The Balaban J connectivity index is 2.75. The van der Waals surface area contributed by atoms with E-state index in [0.717, 1.165) is 24.9 Å². The molecule has 0 amide bonds. The number of pyridine rings is 1. The van der Waals surface area contributed by atoms with Crippen LogP contribution in [0.4, 0.5) is 5.69 Å². The predicted octanol–water partition coefficient (Wildman–Crippen LogP) is 4.54. The highest BCUT2D eigenvalue weighted by molar-refractivity contribution is 5.96. The van der Waals surface area contributed by atoms with E-state index in [1.54, 1.807) is 0 Å². The molecule has 1 aromatic heterocycles. The molecule has 102 valence electrons. The van der Waals surface area contributed by atoms with E-state index in [0.29, 0.717) is 0 Å². The Hall–Kier alpha value is -1.57. The van der Waals surface area contributed by atoms with Gasteiger partial charge in [0.1, 0.15) is 0 Å². The molecule has 2 aromatic rings. The normalized spacial score (nSPS) is 11.0. The summed E-state index contributed by atoms with van der Waals surface area (Å²) in [6.45, 7) is 11.9. The van der Waals surface area contributed by atoms with E-state index >= 15 is 0 Å². The molecule has 2 rings (SSSR count). The Labute approximate surface area is 116 Å². The molecule has 0 radical (unpaired) electrons. The lowest BCUT2D eigenvalue weighted by Gasteiger charge is -2.17. The molecule has 2 nitrogen and oxygen atoms in total. The summed E-state index contributed by atoms with van der Waals surface area (Å²) < 4.78 is 0. The number of rotatable bonds is 4. The number of nitrogens with one attached hydrogen (secondary N) is 1. The highest BCUT2D eigenvalue weighted by atomic mass is 14.9. The summed E-state index contributed by atoms with van der Waals surface area (Å²) in [5, 5.41) is 4.89. The maximum absolute atomic E-state index is 4.84. The molecule has 2 heteroatoms. The van der Waals surface area contributed by atoms with Gasteiger partial charge in [-0.05, 0) is 56.4 Å². The molecule has 1 aromatic carbocycles. The topological polar surface area (TPSA) is 24.9 Å². The monoisotopic (exact) mass is 256 g/mol. The smallest absolute Gasteiger partial charge is 0.0731 e. The van der Waals surface area contributed by atoms with Gasteiger partial charge in [-0.2, -0.15) is 0 Å². The minimum absolute atomic E-state index is 0.982. The number of hydrogen-bond donors (Lipinski definition) is 1. The van der Waals surface area contributed by atoms with E-state index in [2.05, 4.69) is 52.1 Å². The third-order valence-electron chi connectivity index (χ3n) is 3.66. The van der Waals surface area contributed by atoms with E-state index in [1.165, 1.54) is 33.5 Å². The fourth-order valence-corrected chi connectivity index (χ4v) is 2.73. The summed E-state index contributed by atoms with van der Waals surface area (Å²) in [6.07, 6.45) is 2.12. The second-order valence-electron chi connectivity index (χ2n) is 5.31. The maximum Gasteiger partial charge on any atom is 0.0731 e. The lowest BCUT2D eigenvalue weighted by Crippen LogP contribution is -2.06. The summed E-state index contributed by atoms with van der Waals surface area (Å²) in [4.78, 5) is 4.84.